The lowest BCUT2D eigenvalue weighted by Gasteiger charge is -2.32. The summed E-state index contributed by atoms with van der Waals surface area (Å²) in [5.41, 5.74) is 2.09. The molecule has 1 aromatic carbocycles. The molecule has 0 aromatic heterocycles. The molecular weight excluding hydrogens is 208 g/mol. The van der Waals surface area contributed by atoms with Crippen molar-refractivity contribution >= 4 is 0 Å². The Morgan fingerprint density at radius 2 is 2.00 bits per heavy atom. The van der Waals surface area contributed by atoms with E-state index in [2.05, 4.69) is 24.0 Å². The minimum atomic E-state index is 0.562. The van der Waals surface area contributed by atoms with Gasteiger partial charge in [-0.1, -0.05) is 25.1 Å². The second-order valence-corrected chi connectivity index (χ2v) is 4.67. The third-order valence-corrected chi connectivity index (χ3v) is 3.58. The van der Waals surface area contributed by atoms with E-state index in [0.29, 0.717) is 5.92 Å². The third kappa shape index (κ3) is 2.87. The number of likely N-dealkylation sites (tertiary alicyclic amines) is 1. The molecule has 0 unspecified atom stereocenters. The highest BCUT2D eigenvalue weighted by Gasteiger charge is 2.21. The zero-order valence-electron chi connectivity index (χ0n) is 10.2. The van der Waals surface area contributed by atoms with E-state index < -0.39 is 0 Å². The van der Waals surface area contributed by atoms with Gasteiger partial charge in [-0.05, 0) is 56.4 Å². The Morgan fingerprint density at radius 3 is 2.65 bits per heavy atom. The van der Waals surface area contributed by atoms with Gasteiger partial charge in [0.15, 0.2) is 0 Å². The van der Waals surface area contributed by atoms with Gasteiger partial charge in [0.25, 0.3) is 0 Å². The van der Waals surface area contributed by atoms with Crippen molar-refractivity contribution in [2.75, 3.05) is 19.6 Å². The average Bonchev–Trinajstić information content (AvgIpc) is 2.40. The Bertz CT molecular complexity index is 398. The van der Waals surface area contributed by atoms with Crippen LogP contribution in [-0.2, 0) is 0 Å². The molecule has 0 amide bonds. The maximum Gasteiger partial charge on any atom is 0.0994 e. The molecule has 17 heavy (non-hydrogen) atoms. The van der Waals surface area contributed by atoms with Crippen molar-refractivity contribution in [3.05, 3.63) is 42.3 Å². The normalized spacial score (nSPS) is 17.9. The van der Waals surface area contributed by atoms with Crippen molar-refractivity contribution in [1.82, 2.24) is 4.90 Å². The van der Waals surface area contributed by atoms with Crippen LogP contribution in [-0.4, -0.2) is 24.5 Å². The summed E-state index contributed by atoms with van der Waals surface area (Å²) in [6.45, 7) is 7.28. The number of rotatable bonds is 3. The molecule has 1 radical (unpaired) electrons. The zero-order chi connectivity index (χ0) is 12.1. The molecule has 1 aliphatic heterocycles. The van der Waals surface area contributed by atoms with Crippen molar-refractivity contribution in [2.24, 2.45) is 0 Å². The van der Waals surface area contributed by atoms with E-state index in [1.807, 2.05) is 18.2 Å². The summed E-state index contributed by atoms with van der Waals surface area (Å²) in [6.07, 6.45) is 3.32. The number of benzene rings is 1. The van der Waals surface area contributed by atoms with Gasteiger partial charge in [-0.15, -0.1) is 0 Å². The molecule has 0 bridgehead atoms. The van der Waals surface area contributed by atoms with Gasteiger partial charge in [0, 0.05) is 0 Å². The van der Waals surface area contributed by atoms with Gasteiger partial charge < -0.3 is 4.90 Å². The van der Waals surface area contributed by atoms with Crippen LogP contribution in [0.1, 0.15) is 36.3 Å². The van der Waals surface area contributed by atoms with Crippen molar-refractivity contribution < 1.29 is 0 Å². The average molecular weight is 227 g/mol. The Morgan fingerprint density at radius 1 is 1.29 bits per heavy atom. The van der Waals surface area contributed by atoms with E-state index in [-0.39, 0.29) is 0 Å². The smallest absolute Gasteiger partial charge is 0.0994 e. The van der Waals surface area contributed by atoms with E-state index in [0.717, 1.165) is 31.6 Å². The largest absolute Gasteiger partial charge is 0.303 e. The van der Waals surface area contributed by atoms with Crippen molar-refractivity contribution in [1.29, 1.82) is 5.26 Å². The number of hydrogen-bond acceptors (Lipinski definition) is 2. The Labute approximate surface area is 104 Å². The first-order valence-corrected chi connectivity index (χ1v) is 6.35. The lowest BCUT2D eigenvalue weighted by Crippen LogP contribution is -2.33. The summed E-state index contributed by atoms with van der Waals surface area (Å²) < 4.78 is 0. The molecule has 1 aromatic rings. The third-order valence-electron chi connectivity index (χ3n) is 3.58. The maximum atomic E-state index is 9.12. The van der Waals surface area contributed by atoms with E-state index in [1.165, 1.54) is 18.4 Å². The summed E-state index contributed by atoms with van der Waals surface area (Å²) in [5, 5.41) is 9.12. The predicted molar refractivity (Wildman–Crippen MR) is 69.5 cm³/mol. The first-order chi connectivity index (χ1) is 8.35. The number of nitrogens with zero attached hydrogens (tertiary/aromatic N) is 2. The zero-order valence-corrected chi connectivity index (χ0v) is 10.2. The Balaban J connectivity index is 2.03. The highest BCUT2D eigenvalue weighted by molar-refractivity contribution is 5.39. The number of hydrogen-bond donors (Lipinski definition) is 0. The second-order valence-electron chi connectivity index (χ2n) is 4.67. The highest BCUT2D eigenvalue weighted by Crippen LogP contribution is 2.29. The quantitative estimate of drug-likeness (QED) is 0.793. The standard InChI is InChI=1S/C15H19N2/c1-2-9-17-10-7-13(8-11-17)15-6-4-3-5-14(15)12-16/h3-6,13H,1-2,7-11H2. The molecule has 2 nitrogen and oxygen atoms in total. The predicted octanol–water partition coefficient (Wildman–Crippen LogP) is 2.96. The molecule has 2 rings (SSSR count). The molecule has 1 heterocycles. The molecule has 1 aliphatic rings. The van der Waals surface area contributed by atoms with Gasteiger partial charge in [-0.2, -0.15) is 5.26 Å². The first-order valence-electron chi connectivity index (χ1n) is 6.35. The summed E-state index contributed by atoms with van der Waals surface area (Å²) in [7, 11) is 0. The van der Waals surface area contributed by atoms with Gasteiger partial charge in [0.05, 0.1) is 11.6 Å². The minimum Gasteiger partial charge on any atom is -0.303 e. The molecule has 0 aliphatic carbocycles. The van der Waals surface area contributed by atoms with Crippen LogP contribution in [0.3, 0.4) is 0 Å². The van der Waals surface area contributed by atoms with E-state index in [4.69, 9.17) is 5.26 Å². The summed E-state index contributed by atoms with van der Waals surface area (Å²) in [6, 6.07) is 10.3. The fourth-order valence-corrected chi connectivity index (χ4v) is 2.65. The van der Waals surface area contributed by atoms with Crippen molar-refractivity contribution in [2.45, 2.75) is 25.2 Å². The number of piperidine rings is 1. The van der Waals surface area contributed by atoms with Crippen LogP contribution in [0.2, 0.25) is 0 Å². The van der Waals surface area contributed by atoms with Gasteiger partial charge in [-0.25, -0.2) is 0 Å². The molecular formula is C15H19N2. The fourth-order valence-electron chi connectivity index (χ4n) is 2.65. The SMILES string of the molecule is [CH2]CCN1CCC(c2ccccc2C#N)CC1. The summed E-state index contributed by atoms with van der Waals surface area (Å²) >= 11 is 0. The van der Waals surface area contributed by atoms with Crippen LogP contribution in [0.4, 0.5) is 0 Å². The van der Waals surface area contributed by atoms with Crippen LogP contribution in [0.15, 0.2) is 24.3 Å². The second kappa shape index (κ2) is 5.84. The Kier molecular flexibility index (Phi) is 4.17. The molecule has 0 spiro atoms. The van der Waals surface area contributed by atoms with E-state index in [1.54, 1.807) is 0 Å². The van der Waals surface area contributed by atoms with Gasteiger partial charge in [-0.3, -0.25) is 0 Å². The van der Waals surface area contributed by atoms with Crippen molar-refractivity contribution in [3.63, 3.8) is 0 Å². The monoisotopic (exact) mass is 227 g/mol. The van der Waals surface area contributed by atoms with Crippen LogP contribution in [0.5, 0.6) is 0 Å². The molecule has 0 saturated carbocycles. The minimum absolute atomic E-state index is 0.562. The van der Waals surface area contributed by atoms with Gasteiger partial charge >= 0.3 is 0 Å². The van der Waals surface area contributed by atoms with E-state index in [9.17, 15) is 0 Å². The van der Waals surface area contributed by atoms with Crippen LogP contribution in [0, 0.1) is 18.3 Å². The maximum absolute atomic E-state index is 9.12. The highest BCUT2D eigenvalue weighted by atomic mass is 15.1. The summed E-state index contributed by atoms with van der Waals surface area (Å²) in [4.78, 5) is 2.47. The lowest BCUT2D eigenvalue weighted by atomic mass is 9.87. The Hall–Kier alpha value is -1.33. The molecule has 1 fully saturated rings. The van der Waals surface area contributed by atoms with E-state index >= 15 is 0 Å². The van der Waals surface area contributed by atoms with Gasteiger partial charge in [0.1, 0.15) is 0 Å². The molecule has 0 N–H and O–H groups in total. The van der Waals surface area contributed by atoms with Crippen LogP contribution in [0.25, 0.3) is 0 Å². The fraction of sp³-hybridized carbons (Fsp3) is 0.467. The number of nitriles is 1. The molecule has 0 atom stereocenters. The summed E-state index contributed by atoms with van der Waals surface area (Å²) in [5.74, 6) is 0.562. The van der Waals surface area contributed by atoms with Crippen LogP contribution >= 0.6 is 0 Å². The van der Waals surface area contributed by atoms with Gasteiger partial charge in [0.2, 0.25) is 0 Å². The first kappa shape index (κ1) is 12.1. The molecule has 2 heteroatoms. The molecule has 89 valence electrons. The lowest BCUT2D eigenvalue weighted by molar-refractivity contribution is 0.215. The van der Waals surface area contributed by atoms with Crippen molar-refractivity contribution in [3.8, 4) is 6.07 Å². The molecule has 1 saturated heterocycles. The van der Waals surface area contributed by atoms with Crippen LogP contribution < -0.4 is 0 Å². The topological polar surface area (TPSA) is 27.0 Å².